The fraction of sp³-hybridized carbons (Fsp3) is 0.111. The normalized spacial score (nSPS) is 12.5. The molecule has 0 saturated heterocycles. The third kappa shape index (κ3) is 2.97. The first-order valence-corrected chi connectivity index (χ1v) is 7.94. The Labute approximate surface area is 136 Å². The lowest BCUT2D eigenvalue weighted by Gasteiger charge is -2.13. The van der Waals surface area contributed by atoms with Gasteiger partial charge in [-0.1, -0.05) is 54.6 Å². The second-order valence-corrected chi connectivity index (χ2v) is 6.33. The first-order valence-electron chi connectivity index (χ1n) is 6.71. The second kappa shape index (κ2) is 6.17. The van der Waals surface area contributed by atoms with Crippen molar-refractivity contribution in [2.24, 2.45) is 0 Å². The Bertz CT molecular complexity index is 780. The highest BCUT2D eigenvalue weighted by molar-refractivity contribution is 9.10. The molecule has 3 aromatic rings. The summed E-state index contributed by atoms with van der Waals surface area (Å²) in [5.41, 5.74) is 1.66. The van der Waals surface area contributed by atoms with Crippen molar-refractivity contribution in [2.45, 2.75) is 11.8 Å². The van der Waals surface area contributed by atoms with Gasteiger partial charge in [-0.3, -0.25) is 0 Å². The summed E-state index contributed by atoms with van der Waals surface area (Å²) in [6.45, 7) is 0. The van der Waals surface area contributed by atoms with Crippen molar-refractivity contribution in [3.8, 4) is 0 Å². The van der Waals surface area contributed by atoms with Crippen LogP contribution in [-0.2, 0) is 6.42 Å². The fourth-order valence-electron chi connectivity index (χ4n) is 2.54. The Morgan fingerprint density at radius 3 is 2.52 bits per heavy atom. The van der Waals surface area contributed by atoms with Crippen LogP contribution in [0.4, 0.5) is 4.39 Å². The summed E-state index contributed by atoms with van der Waals surface area (Å²) in [5, 5.41) is 1.95. The maximum atomic E-state index is 14.1. The monoisotopic (exact) mass is 362 g/mol. The number of halogens is 3. The zero-order valence-corrected chi connectivity index (χ0v) is 13.5. The zero-order chi connectivity index (χ0) is 14.8. The molecular formula is C18H13BrClF. The third-order valence-corrected chi connectivity index (χ3v) is 4.60. The molecule has 0 amide bonds. The Morgan fingerprint density at radius 1 is 0.952 bits per heavy atom. The van der Waals surface area contributed by atoms with Gasteiger partial charge in [-0.15, -0.1) is 11.6 Å². The minimum absolute atomic E-state index is 0.280. The lowest BCUT2D eigenvalue weighted by Crippen LogP contribution is -2.00. The van der Waals surface area contributed by atoms with E-state index in [2.05, 4.69) is 34.1 Å². The fourth-order valence-corrected chi connectivity index (χ4v) is 3.25. The van der Waals surface area contributed by atoms with E-state index < -0.39 is 5.38 Å². The largest absolute Gasteiger partial charge is 0.205 e. The van der Waals surface area contributed by atoms with E-state index in [0.29, 0.717) is 16.5 Å². The molecule has 0 N–H and O–H groups in total. The zero-order valence-electron chi connectivity index (χ0n) is 11.2. The SMILES string of the molecule is Fc1c(Br)cccc1C(Cl)Cc1cccc2ccccc12. The number of hydrogen-bond acceptors (Lipinski definition) is 0. The van der Waals surface area contributed by atoms with Gasteiger partial charge < -0.3 is 0 Å². The van der Waals surface area contributed by atoms with Crippen LogP contribution in [0.1, 0.15) is 16.5 Å². The molecule has 106 valence electrons. The summed E-state index contributed by atoms with van der Waals surface area (Å²) in [5.74, 6) is -0.280. The van der Waals surface area contributed by atoms with Crippen LogP contribution < -0.4 is 0 Å². The van der Waals surface area contributed by atoms with E-state index in [9.17, 15) is 4.39 Å². The van der Waals surface area contributed by atoms with Crippen LogP contribution in [0, 0.1) is 5.82 Å². The third-order valence-electron chi connectivity index (χ3n) is 3.60. The molecule has 3 heteroatoms. The standard InChI is InChI=1S/C18H13BrClF/c19-16-10-4-9-15(18(16)21)17(20)11-13-7-3-6-12-5-1-2-8-14(12)13/h1-10,17H,11H2. The van der Waals surface area contributed by atoms with Crippen molar-refractivity contribution in [1.29, 1.82) is 0 Å². The van der Waals surface area contributed by atoms with Crippen molar-refractivity contribution >= 4 is 38.3 Å². The van der Waals surface area contributed by atoms with Crippen LogP contribution >= 0.6 is 27.5 Å². The molecule has 21 heavy (non-hydrogen) atoms. The van der Waals surface area contributed by atoms with Gasteiger partial charge in [0, 0.05) is 5.56 Å². The molecule has 0 fully saturated rings. The molecule has 0 heterocycles. The topological polar surface area (TPSA) is 0 Å². The lowest BCUT2D eigenvalue weighted by molar-refractivity contribution is 0.599. The van der Waals surface area contributed by atoms with E-state index in [1.807, 2.05) is 24.3 Å². The number of fused-ring (bicyclic) bond motifs is 1. The minimum Gasteiger partial charge on any atom is -0.205 e. The Hall–Kier alpha value is -1.38. The van der Waals surface area contributed by atoms with Crippen molar-refractivity contribution in [3.63, 3.8) is 0 Å². The van der Waals surface area contributed by atoms with E-state index in [1.54, 1.807) is 18.2 Å². The van der Waals surface area contributed by atoms with Crippen LogP contribution in [0.15, 0.2) is 65.1 Å². The molecular weight excluding hydrogens is 351 g/mol. The summed E-state index contributed by atoms with van der Waals surface area (Å²) in [4.78, 5) is 0. The first kappa shape index (κ1) is 14.6. The van der Waals surface area contributed by atoms with Crippen LogP contribution in [0.2, 0.25) is 0 Å². The van der Waals surface area contributed by atoms with E-state index in [0.717, 1.165) is 5.56 Å². The van der Waals surface area contributed by atoms with Gasteiger partial charge in [0.05, 0.1) is 9.85 Å². The second-order valence-electron chi connectivity index (χ2n) is 4.95. The molecule has 0 aromatic heterocycles. The molecule has 0 aliphatic carbocycles. The van der Waals surface area contributed by atoms with Crippen LogP contribution in [-0.4, -0.2) is 0 Å². The Balaban J connectivity index is 1.97. The summed E-state index contributed by atoms with van der Waals surface area (Å²) in [6.07, 6.45) is 0.594. The van der Waals surface area contributed by atoms with E-state index >= 15 is 0 Å². The number of hydrogen-bond donors (Lipinski definition) is 0. The van der Waals surface area contributed by atoms with Crippen molar-refractivity contribution in [2.75, 3.05) is 0 Å². The molecule has 3 rings (SSSR count). The van der Waals surface area contributed by atoms with E-state index in [1.165, 1.54) is 10.8 Å². The van der Waals surface area contributed by atoms with Gasteiger partial charge in [0.15, 0.2) is 0 Å². The molecule has 3 aromatic carbocycles. The average molecular weight is 364 g/mol. The quantitative estimate of drug-likeness (QED) is 0.481. The molecule has 0 aliphatic heterocycles. The highest BCUT2D eigenvalue weighted by atomic mass is 79.9. The molecule has 0 nitrogen and oxygen atoms in total. The highest BCUT2D eigenvalue weighted by Crippen LogP contribution is 2.32. The van der Waals surface area contributed by atoms with Crippen molar-refractivity contribution in [1.82, 2.24) is 0 Å². The predicted molar refractivity (Wildman–Crippen MR) is 90.3 cm³/mol. The molecule has 0 radical (unpaired) electrons. The molecule has 0 spiro atoms. The van der Waals surface area contributed by atoms with Gasteiger partial charge in [-0.25, -0.2) is 4.39 Å². The Kier molecular flexibility index (Phi) is 4.27. The van der Waals surface area contributed by atoms with Gasteiger partial charge in [-0.05, 0) is 44.8 Å². The van der Waals surface area contributed by atoms with Crippen molar-refractivity contribution in [3.05, 3.63) is 82.1 Å². The minimum atomic E-state index is -0.395. The molecule has 1 unspecified atom stereocenters. The van der Waals surface area contributed by atoms with E-state index in [-0.39, 0.29) is 5.82 Å². The highest BCUT2D eigenvalue weighted by Gasteiger charge is 2.16. The summed E-state index contributed by atoms with van der Waals surface area (Å²) >= 11 is 9.66. The number of rotatable bonds is 3. The van der Waals surface area contributed by atoms with Gasteiger partial charge in [-0.2, -0.15) is 0 Å². The van der Waals surface area contributed by atoms with Crippen LogP contribution in [0.5, 0.6) is 0 Å². The average Bonchev–Trinajstić information content (AvgIpc) is 2.50. The lowest BCUT2D eigenvalue weighted by atomic mass is 9.98. The number of benzene rings is 3. The molecule has 0 bridgehead atoms. The van der Waals surface area contributed by atoms with Crippen LogP contribution in [0.25, 0.3) is 10.8 Å². The predicted octanol–water partition coefficient (Wildman–Crippen LogP) is 6.26. The smallest absolute Gasteiger partial charge is 0.142 e. The summed E-state index contributed by atoms with van der Waals surface area (Å²) in [7, 11) is 0. The molecule has 1 atom stereocenters. The maximum absolute atomic E-state index is 14.1. The Morgan fingerprint density at radius 2 is 1.67 bits per heavy atom. The van der Waals surface area contributed by atoms with Gasteiger partial charge in [0.2, 0.25) is 0 Å². The van der Waals surface area contributed by atoms with Gasteiger partial charge >= 0.3 is 0 Å². The first-order chi connectivity index (χ1) is 10.2. The summed E-state index contributed by atoms with van der Waals surface area (Å²) in [6, 6.07) is 19.5. The molecule has 0 saturated carbocycles. The number of alkyl halides is 1. The van der Waals surface area contributed by atoms with Crippen molar-refractivity contribution < 1.29 is 4.39 Å². The van der Waals surface area contributed by atoms with Crippen LogP contribution in [0.3, 0.4) is 0 Å². The van der Waals surface area contributed by atoms with Gasteiger partial charge in [0.1, 0.15) is 5.82 Å². The molecule has 0 aliphatic rings. The van der Waals surface area contributed by atoms with Gasteiger partial charge in [0.25, 0.3) is 0 Å². The van der Waals surface area contributed by atoms with E-state index in [4.69, 9.17) is 11.6 Å². The summed E-state index contributed by atoms with van der Waals surface area (Å²) < 4.78 is 14.6. The maximum Gasteiger partial charge on any atom is 0.142 e.